The van der Waals surface area contributed by atoms with Crippen LogP contribution in [0.25, 0.3) is 0 Å². The Morgan fingerprint density at radius 3 is 2.40 bits per heavy atom. The van der Waals surface area contributed by atoms with Crippen molar-refractivity contribution in [1.29, 1.82) is 0 Å². The van der Waals surface area contributed by atoms with Crippen LogP contribution < -0.4 is 0 Å². The summed E-state index contributed by atoms with van der Waals surface area (Å²) in [5, 5.41) is 0. The number of likely N-dealkylation sites (N-methyl/N-ethyl adjacent to an activating group) is 1. The van der Waals surface area contributed by atoms with Gasteiger partial charge in [-0.3, -0.25) is 4.90 Å². The molecule has 1 aliphatic rings. The average molecular weight is 143 g/mol. The van der Waals surface area contributed by atoms with Crippen molar-refractivity contribution >= 4 is 0 Å². The Morgan fingerprint density at radius 2 is 2.20 bits per heavy atom. The molecule has 0 saturated carbocycles. The Kier molecular flexibility index (Phi) is 2.02. The van der Waals surface area contributed by atoms with Crippen molar-refractivity contribution < 1.29 is 4.74 Å². The van der Waals surface area contributed by atoms with Gasteiger partial charge in [-0.05, 0) is 12.5 Å². The lowest BCUT2D eigenvalue weighted by molar-refractivity contribution is -0.0670. The van der Waals surface area contributed by atoms with Crippen LogP contribution in [0.3, 0.4) is 0 Å². The molecule has 1 aliphatic heterocycles. The van der Waals surface area contributed by atoms with Crippen molar-refractivity contribution in [2.75, 3.05) is 27.3 Å². The molecule has 0 aromatic rings. The smallest absolute Gasteiger partial charge is 0.0623 e. The molecular weight excluding hydrogens is 126 g/mol. The second-order valence-corrected chi connectivity index (χ2v) is 3.87. The van der Waals surface area contributed by atoms with Gasteiger partial charge in [-0.2, -0.15) is 0 Å². The molecule has 0 aromatic carbocycles. The molecule has 1 saturated heterocycles. The van der Waals surface area contributed by atoms with E-state index in [4.69, 9.17) is 4.74 Å². The number of methoxy groups -OCH3 is 1. The predicted octanol–water partition coefficient (Wildman–Crippen LogP) is 0.973. The van der Waals surface area contributed by atoms with E-state index in [0.29, 0.717) is 11.5 Å². The normalized spacial score (nSPS) is 31.8. The molecule has 1 rings (SSSR count). The minimum absolute atomic E-state index is 0.463. The van der Waals surface area contributed by atoms with Gasteiger partial charge in [0, 0.05) is 19.7 Å². The van der Waals surface area contributed by atoms with E-state index < -0.39 is 0 Å². The number of hydrogen-bond acceptors (Lipinski definition) is 2. The predicted molar refractivity (Wildman–Crippen MR) is 42.1 cm³/mol. The van der Waals surface area contributed by atoms with E-state index in [0.717, 1.165) is 6.61 Å². The van der Waals surface area contributed by atoms with Crippen LogP contribution in [0.5, 0.6) is 0 Å². The highest BCUT2D eigenvalue weighted by atomic mass is 16.5. The van der Waals surface area contributed by atoms with Gasteiger partial charge < -0.3 is 4.74 Å². The van der Waals surface area contributed by atoms with Gasteiger partial charge >= 0.3 is 0 Å². The van der Waals surface area contributed by atoms with Crippen LogP contribution >= 0.6 is 0 Å². The molecule has 1 atom stereocenters. The van der Waals surface area contributed by atoms with Crippen LogP contribution in [0.15, 0.2) is 0 Å². The van der Waals surface area contributed by atoms with Gasteiger partial charge in [-0.1, -0.05) is 13.8 Å². The van der Waals surface area contributed by atoms with E-state index in [9.17, 15) is 0 Å². The second kappa shape index (κ2) is 2.51. The maximum absolute atomic E-state index is 5.11. The Bertz CT molecular complexity index is 122. The first-order valence-corrected chi connectivity index (χ1v) is 3.77. The molecule has 2 nitrogen and oxygen atoms in total. The van der Waals surface area contributed by atoms with Crippen LogP contribution in [0.4, 0.5) is 0 Å². The van der Waals surface area contributed by atoms with Gasteiger partial charge in [0.05, 0.1) is 6.61 Å². The van der Waals surface area contributed by atoms with Crippen LogP contribution in [-0.2, 0) is 4.74 Å². The summed E-state index contributed by atoms with van der Waals surface area (Å²) in [5.41, 5.74) is 0.463. The van der Waals surface area contributed by atoms with E-state index >= 15 is 0 Å². The minimum Gasteiger partial charge on any atom is -0.383 e. The fourth-order valence-corrected chi connectivity index (χ4v) is 1.85. The van der Waals surface area contributed by atoms with Gasteiger partial charge in [-0.15, -0.1) is 0 Å². The molecule has 1 unspecified atom stereocenters. The monoisotopic (exact) mass is 143 g/mol. The molecule has 2 heteroatoms. The molecular formula is C8H17NO. The molecule has 0 spiro atoms. The number of rotatable bonds is 2. The summed E-state index contributed by atoms with van der Waals surface area (Å²) in [6.07, 6.45) is 0. The van der Waals surface area contributed by atoms with E-state index in [1.165, 1.54) is 6.54 Å². The van der Waals surface area contributed by atoms with Crippen molar-refractivity contribution in [3.05, 3.63) is 0 Å². The van der Waals surface area contributed by atoms with Crippen molar-refractivity contribution in [3.8, 4) is 0 Å². The summed E-state index contributed by atoms with van der Waals surface area (Å²) in [6, 6.07) is 0.623. The van der Waals surface area contributed by atoms with Gasteiger partial charge in [0.1, 0.15) is 0 Å². The van der Waals surface area contributed by atoms with Gasteiger partial charge in [0.25, 0.3) is 0 Å². The third-order valence-electron chi connectivity index (χ3n) is 2.42. The molecule has 60 valence electrons. The first-order valence-electron chi connectivity index (χ1n) is 3.77. The van der Waals surface area contributed by atoms with Crippen LogP contribution in [0.2, 0.25) is 0 Å². The number of hydrogen-bond donors (Lipinski definition) is 0. The molecule has 0 N–H and O–H groups in total. The highest BCUT2D eigenvalue weighted by Crippen LogP contribution is 2.35. The van der Waals surface area contributed by atoms with Gasteiger partial charge in [0.2, 0.25) is 0 Å². The van der Waals surface area contributed by atoms with E-state index in [1.54, 1.807) is 7.11 Å². The third-order valence-corrected chi connectivity index (χ3v) is 2.42. The molecule has 0 bridgehead atoms. The van der Waals surface area contributed by atoms with Crippen LogP contribution in [-0.4, -0.2) is 38.3 Å². The molecule has 0 amide bonds. The quantitative estimate of drug-likeness (QED) is 0.571. The second-order valence-electron chi connectivity index (χ2n) is 3.87. The standard InChI is InChI=1S/C8H17NO/c1-8(2)6-9(3)7(8)5-10-4/h7H,5-6H2,1-4H3. The fraction of sp³-hybridized carbons (Fsp3) is 1.00. The number of likely N-dealkylation sites (tertiary alicyclic amines) is 1. The number of ether oxygens (including phenoxy) is 1. The Labute approximate surface area is 63.2 Å². The Hall–Kier alpha value is -0.0800. The lowest BCUT2D eigenvalue weighted by Crippen LogP contribution is -2.61. The zero-order valence-corrected chi connectivity index (χ0v) is 7.35. The van der Waals surface area contributed by atoms with Crippen molar-refractivity contribution in [2.24, 2.45) is 5.41 Å². The summed E-state index contributed by atoms with van der Waals surface area (Å²) in [5.74, 6) is 0. The largest absolute Gasteiger partial charge is 0.383 e. The molecule has 1 fully saturated rings. The third kappa shape index (κ3) is 1.18. The number of nitrogens with zero attached hydrogens (tertiary/aromatic N) is 1. The zero-order chi connectivity index (χ0) is 7.78. The van der Waals surface area contributed by atoms with E-state index in [2.05, 4.69) is 25.8 Å². The van der Waals surface area contributed by atoms with Crippen molar-refractivity contribution in [3.63, 3.8) is 0 Å². The summed E-state index contributed by atoms with van der Waals surface area (Å²) in [7, 11) is 3.91. The molecule has 10 heavy (non-hydrogen) atoms. The average Bonchev–Trinajstić information content (AvgIpc) is 1.82. The minimum atomic E-state index is 0.463. The van der Waals surface area contributed by atoms with Crippen molar-refractivity contribution in [2.45, 2.75) is 19.9 Å². The lowest BCUT2D eigenvalue weighted by atomic mass is 9.76. The first-order chi connectivity index (χ1) is 4.58. The van der Waals surface area contributed by atoms with E-state index in [-0.39, 0.29) is 0 Å². The van der Waals surface area contributed by atoms with Gasteiger partial charge in [0.15, 0.2) is 0 Å². The molecule has 0 radical (unpaired) electrons. The Balaban J connectivity index is 2.40. The van der Waals surface area contributed by atoms with E-state index in [1.807, 2.05) is 0 Å². The highest BCUT2D eigenvalue weighted by molar-refractivity contribution is 4.96. The SMILES string of the molecule is COCC1N(C)CC1(C)C. The molecule has 0 aliphatic carbocycles. The zero-order valence-electron chi connectivity index (χ0n) is 7.35. The van der Waals surface area contributed by atoms with Gasteiger partial charge in [-0.25, -0.2) is 0 Å². The maximum atomic E-state index is 5.11. The Morgan fingerprint density at radius 1 is 1.60 bits per heavy atom. The lowest BCUT2D eigenvalue weighted by Gasteiger charge is -2.52. The highest BCUT2D eigenvalue weighted by Gasteiger charge is 2.42. The summed E-state index contributed by atoms with van der Waals surface area (Å²) in [6.45, 7) is 6.64. The van der Waals surface area contributed by atoms with Crippen LogP contribution in [0, 0.1) is 5.41 Å². The molecule has 0 aromatic heterocycles. The fourth-order valence-electron chi connectivity index (χ4n) is 1.85. The molecule has 1 heterocycles. The van der Waals surface area contributed by atoms with Crippen molar-refractivity contribution in [1.82, 2.24) is 4.90 Å². The summed E-state index contributed by atoms with van der Waals surface area (Å²) < 4.78 is 5.11. The maximum Gasteiger partial charge on any atom is 0.0623 e. The first kappa shape index (κ1) is 8.02. The van der Waals surface area contributed by atoms with Crippen LogP contribution in [0.1, 0.15) is 13.8 Å². The summed E-state index contributed by atoms with van der Waals surface area (Å²) >= 11 is 0. The summed E-state index contributed by atoms with van der Waals surface area (Å²) in [4.78, 5) is 2.34. The topological polar surface area (TPSA) is 12.5 Å².